The van der Waals surface area contributed by atoms with Gasteiger partial charge in [0.2, 0.25) is 17.6 Å². The molecule has 190 valence electrons. The minimum Gasteiger partial charge on any atom is -0.350 e. The molecule has 1 saturated carbocycles. The summed E-state index contributed by atoms with van der Waals surface area (Å²) in [6.45, 7) is 6.07. The van der Waals surface area contributed by atoms with E-state index in [1.165, 1.54) is 0 Å². The molecule has 2 fully saturated rings. The third-order valence-corrected chi connectivity index (χ3v) is 7.13. The lowest BCUT2D eigenvalue weighted by atomic mass is 9.92. The Hall–Kier alpha value is -2.04. The highest BCUT2D eigenvalue weighted by molar-refractivity contribution is 6.28. The smallest absolute Gasteiger partial charge is 0.233 e. The molecule has 0 unspecified atom stereocenters. The lowest BCUT2D eigenvalue weighted by Crippen LogP contribution is -2.54. The summed E-state index contributed by atoms with van der Waals surface area (Å²) in [4.78, 5) is 36.2. The van der Waals surface area contributed by atoms with E-state index < -0.39 is 11.7 Å². The molecule has 0 radical (unpaired) electrons. The van der Waals surface area contributed by atoms with Crippen molar-refractivity contribution in [3.8, 4) is 0 Å². The Balaban J connectivity index is 1.74. The number of piperazine rings is 1. The molecule has 2 atom stereocenters. The molecule has 0 aromatic carbocycles. The number of nitrogens with zero attached hydrogens (tertiary/aromatic N) is 5. The summed E-state index contributed by atoms with van der Waals surface area (Å²) in [5.41, 5.74) is 0.0145. The lowest BCUT2D eigenvalue weighted by Gasteiger charge is -2.43. The quantitative estimate of drug-likeness (QED) is 0.221. The summed E-state index contributed by atoms with van der Waals surface area (Å²) in [5.74, 6) is -0.748. The van der Waals surface area contributed by atoms with Gasteiger partial charge in [0.25, 0.3) is 0 Å². The zero-order valence-electron chi connectivity index (χ0n) is 20.2. The van der Waals surface area contributed by atoms with E-state index in [0.29, 0.717) is 23.9 Å². The summed E-state index contributed by atoms with van der Waals surface area (Å²) < 4.78 is 15.5. The van der Waals surface area contributed by atoms with Crippen molar-refractivity contribution >= 4 is 29.7 Å². The van der Waals surface area contributed by atoms with Gasteiger partial charge in [-0.2, -0.15) is 4.98 Å². The van der Waals surface area contributed by atoms with Gasteiger partial charge >= 0.3 is 0 Å². The zero-order valence-corrected chi connectivity index (χ0v) is 21.0. The van der Waals surface area contributed by atoms with Gasteiger partial charge in [0, 0.05) is 25.7 Å². The third-order valence-electron chi connectivity index (χ3n) is 6.96. The Morgan fingerprint density at radius 2 is 2.03 bits per heavy atom. The third kappa shape index (κ3) is 6.76. The Bertz CT molecular complexity index is 854. The molecule has 1 aliphatic carbocycles. The van der Waals surface area contributed by atoms with Crippen molar-refractivity contribution in [2.45, 2.75) is 58.5 Å². The van der Waals surface area contributed by atoms with Crippen LogP contribution in [0.1, 0.15) is 51.6 Å². The van der Waals surface area contributed by atoms with Crippen molar-refractivity contribution in [1.29, 1.82) is 0 Å². The number of rotatable bonds is 10. The summed E-state index contributed by atoms with van der Waals surface area (Å²) in [6.07, 6.45) is 5.13. The van der Waals surface area contributed by atoms with E-state index in [-0.39, 0.29) is 54.2 Å². The highest BCUT2D eigenvalue weighted by Crippen LogP contribution is 2.31. The van der Waals surface area contributed by atoms with Crippen LogP contribution in [-0.4, -0.2) is 76.7 Å². The Morgan fingerprint density at radius 3 is 2.68 bits per heavy atom. The standard InChI is InChI=1S/C23H36ClFN6O3/c1-15(2)19-13-29(3)8-9-31(19)21-20(25)18(27-23(24)28-21)11-26-22(33)17(12-30(34)14-32)10-16-6-4-5-7-16/h14-17,19,34H,4-13H2,1-3H3,(H,26,33)/t17-,19-/m1/s1. The van der Waals surface area contributed by atoms with Crippen LogP contribution in [0.5, 0.6) is 0 Å². The highest BCUT2D eigenvalue weighted by atomic mass is 35.5. The molecule has 1 aromatic rings. The first-order chi connectivity index (χ1) is 16.2. The fraction of sp³-hybridized carbons (Fsp3) is 0.739. The minimum atomic E-state index is -0.596. The number of aromatic nitrogens is 2. The maximum atomic E-state index is 15.5. The molecule has 3 rings (SSSR count). The van der Waals surface area contributed by atoms with Crippen molar-refractivity contribution in [1.82, 2.24) is 25.2 Å². The molecule has 0 bridgehead atoms. The number of hydroxylamine groups is 2. The van der Waals surface area contributed by atoms with E-state index in [4.69, 9.17) is 11.6 Å². The van der Waals surface area contributed by atoms with Gasteiger partial charge in [-0.15, -0.1) is 0 Å². The van der Waals surface area contributed by atoms with Crippen LogP contribution in [0.2, 0.25) is 5.28 Å². The van der Waals surface area contributed by atoms with Crippen molar-refractivity contribution in [3.05, 3.63) is 16.8 Å². The molecular formula is C23H36ClFN6O3. The van der Waals surface area contributed by atoms with Gasteiger partial charge in [0.15, 0.2) is 11.6 Å². The van der Waals surface area contributed by atoms with Crippen LogP contribution in [0, 0.1) is 23.6 Å². The molecular weight excluding hydrogens is 463 g/mol. The predicted octanol–water partition coefficient (Wildman–Crippen LogP) is 2.71. The zero-order chi connectivity index (χ0) is 24.8. The first kappa shape index (κ1) is 26.6. The van der Waals surface area contributed by atoms with Crippen molar-refractivity contribution in [3.63, 3.8) is 0 Å². The van der Waals surface area contributed by atoms with Gasteiger partial charge in [-0.1, -0.05) is 39.5 Å². The number of hydrogen-bond acceptors (Lipinski definition) is 7. The largest absolute Gasteiger partial charge is 0.350 e. The van der Waals surface area contributed by atoms with E-state index in [1.807, 2.05) is 11.9 Å². The number of amides is 2. The van der Waals surface area contributed by atoms with E-state index in [2.05, 4.69) is 34.0 Å². The van der Waals surface area contributed by atoms with Gasteiger partial charge in [0.05, 0.1) is 19.0 Å². The van der Waals surface area contributed by atoms with Crippen LogP contribution in [-0.2, 0) is 16.1 Å². The number of likely N-dealkylation sites (N-methyl/N-ethyl adjacent to an activating group) is 1. The maximum Gasteiger partial charge on any atom is 0.233 e. The lowest BCUT2D eigenvalue weighted by molar-refractivity contribution is -0.155. The Morgan fingerprint density at radius 1 is 1.32 bits per heavy atom. The van der Waals surface area contributed by atoms with E-state index in [0.717, 1.165) is 38.8 Å². The van der Waals surface area contributed by atoms with Gasteiger partial charge in [-0.05, 0) is 36.9 Å². The number of hydrogen-bond donors (Lipinski definition) is 2. The molecule has 9 nitrogen and oxygen atoms in total. The summed E-state index contributed by atoms with van der Waals surface area (Å²) in [5, 5.41) is 12.8. The molecule has 2 amide bonds. The first-order valence-electron chi connectivity index (χ1n) is 12.0. The van der Waals surface area contributed by atoms with E-state index >= 15 is 4.39 Å². The van der Waals surface area contributed by atoms with Crippen LogP contribution >= 0.6 is 11.6 Å². The molecule has 1 aromatic heterocycles. The van der Waals surface area contributed by atoms with Gasteiger partial charge < -0.3 is 15.1 Å². The summed E-state index contributed by atoms with van der Waals surface area (Å²) >= 11 is 6.16. The minimum absolute atomic E-state index is 0.0145. The Kier molecular flexibility index (Phi) is 9.44. The number of halogens is 2. The molecule has 1 saturated heterocycles. The normalized spacial score (nSPS) is 20.6. The molecule has 11 heteroatoms. The summed E-state index contributed by atoms with van der Waals surface area (Å²) in [7, 11) is 2.04. The number of anilines is 1. The van der Waals surface area contributed by atoms with Crippen molar-refractivity contribution < 1.29 is 19.2 Å². The highest BCUT2D eigenvalue weighted by Gasteiger charge is 2.32. The van der Waals surface area contributed by atoms with Crippen LogP contribution in [0.3, 0.4) is 0 Å². The van der Waals surface area contributed by atoms with Crippen LogP contribution in [0.4, 0.5) is 10.2 Å². The fourth-order valence-electron chi connectivity index (χ4n) is 5.04. The average molecular weight is 499 g/mol. The van der Waals surface area contributed by atoms with E-state index in [9.17, 15) is 14.8 Å². The van der Waals surface area contributed by atoms with Crippen LogP contribution in [0.25, 0.3) is 0 Å². The second kappa shape index (κ2) is 12.1. The molecule has 1 aliphatic heterocycles. The number of carbonyl (C=O) groups excluding carboxylic acids is 2. The fourth-order valence-corrected chi connectivity index (χ4v) is 5.22. The van der Waals surface area contributed by atoms with Crippen molar-refractivity contribution in [2.75, 3.05) is 38.1 Å². The second-order valence-corrected chi connectivity index (χ2v) is 10.2. The molecule has 2 N–H and O–H groups in total. The SMILES string of the molecule is CC(C)[C@H]1CN(C)CCN1c1nc(Cl)nc(CNC(=O)[C@H](CC2CCCC2)CN(O)C=O)c1F. The Labute approximate surface area is 205 Å². The average Bonchev–Trinajstić information content (AvgIpc) is 3.31. The first-order valence-corrected chi connectivity index (χ1v) is 12.4. The molecule has 34 heavy (non-hydrogen) atoms. The second-order valence-electron chi connectivity index (χ2n) is 9.87. The topological polar surface area (TPSA) is 102 Å². The molecule has 2 heterocycles. The predicted molar refractivity (Wildman–Crippen MR) is 127 cm³/mol. The van der Waals surface area contributed by atoms with Gasteiger partial charge in [-0.25, -0.2) is 14.4 Å². The van der Waals surface area contributed by atoms with Crippen LogP contribution in [0.15, 0.2) is 0 Å². The van der Waals surface area contributed by atoms with Crippen LogP contribution < -0.4 is 10.2 Å². The number of nitrogens with one attached hydrogen (secondary N) is 1. The van der Waals surface area contributed by atoms with E-state index in [1.54, 1.807) is 0 Å². The maximum absolute atomic E-state index is 15.5. The summed E-state index contributed by atoms with van der Waals surface area (Å²) in [6, 6.07) is 0.0660. The molecule has 0 spiro atoms. The molecule has 2 aliphatic rings. The monoisotopic (exact) mass is 498 g/mol. The number of carbonyl (C=O) groups is 2. The van der Waals surface area contributed by atoms with Gasteiger partial charge in [0.1, 0.15) is 5.69 Å². The van der Waals surface area contributed by atoms with Gasteiger partial charge in [-0.3, -0.25) is 14.8 Å². The van der Waals surface area contributed by atoms with Crippen molar-refractivity contribution in [2.24, 2.45) is 17.8 Å².